The maximum absolute atomic E-state index is 6.49. The summed E-state index contributed by atoms with van der Waals surface area (Å²) in [6.45, 7) is 7.52. The van der Waals surface area contributed by atoms with Crippen molar-refractivity contribution in [2.45, 2.75) is 58.9 Å². The van der Waals surface area contributed by atoms with Crippen LogP contribution in [0.2, 0.25) is 0 Å². The molecule has 1 fully saturated rings. The molecule has 1 aromatic rings. The smallest absolute Gasteiger partial charge is 0.137 e. The van der Waals surface area contributed by atoms with E-state index in [4.69, 9.17) is 10.5 Å². The van der Waals surface area contributed by atoms with Crippen LogP contribution in [-0.4, -0.2) is 11.6 Å². The van der Waals surface area contributed by atoms with Crippen LogP contribution in [-0.2, 0) is 0 Å². The highest BCUT2D eigenvalue weighted by Gasteiger charge is 2.28. The highest BCUT2D eigenvalue weighted by Crippen LogP contribution is 2.38. The van der Waals surface area contributed by atoms with Crippen LogP contribution in [0.5, 0.6) is 5.75 Å². The fourth-order valence-corrected chi connectivity index (χ4v) is 3.36. The van der Waals surface area contributed by atoms with Gasteiger partial charge in [-0.25, -0.2) is 0 Å². The van der Waals surface area contributed by atoms with Crippen LogP contribution in [0.25, 0.3) is 0 Å². The normalized spacial score (nSPS) is 24.0. The molecule has 21 heavy (non-hydrogen) atoms. The first-order valence-electron chi connectivity index (χ1n) is 8.45. The summed E-state index contributed by atoms with van der Waals surface area (Å²) in [6, 6.07) is 2.16. The van der Waals surface area contributed by atoms with Gasteiger partial charge in [-0.2, -0.15) is 0 Å². The fourth-order valence-electron chi connectivity index (χ4n) is 3.36. The summed E-state index contributed by atoms with van der Waals surface area (Å²) in [5.74, 6) is 3.12. The van der Waals surface area contributed by atoms with Gasteiger partial charge in [0, 0.05) is 12.2 Å². The predicted octanol–water partition coefficient (Wildman–Crippen LogP) is 4.33. The Morgan fingerprint density at radius 1 is 1.19 bits per heavy atom. The van der Waals surface area contributed by atoms with Crippen LogP contribution in [0.15, 0.2) is 18.5 Å². The maximum atomic E-state index is 6.49. The van der Waals surface area contributed by atoms with Crippen LogP contribution in [0, 0.1) is 17.8 Å². The number of nitrogens with zero attached hydrogens (tertiary/aromatic N) is 1. The van der Waals surface area contributed by atoms with Crippen molar-refractivity contribution in [3.63, 3.8) is 0 Å². The molecule has 1 aromatic heterocycles. The number of ether oxygens (including phenoxy) is 1. The highest BCUT2D eigenvalue weighted by molar-refractivity contribution is 5.26. The Balaban J connectivity index is 1.95. The summed E-state index contributed by atoms with van der Waals surface area (Å²) in [5.41, 5.74) is 7.62. The van der Waals surface area contributed by atoms with Gasteiger partial charge in [0.2, 0.25) is 0 Å². The van der Waals surface area contributed by atoms with Crippen molar-refractivity contribution in [2.24, 2.45) is 23.5 Å². The zero-order chi connectivity index (χ0) is 15.2. The second-order valence-corrected chi connectivity index (χ2v) is 6.75. The maximum Gasteiger partial charge on any atom is 0.137 e. The van der Waals surface area contributed by atoms with Crippen molar-refractivity contribution in [1.82, 2.24) is 4.98 Å². The van der Waals surface area contributed by atoms with E-state index < -0.39 is 0 Å². The molecule has 2 rings (SSSR count). The lowest BCUT2D eigenvalue weighted by atomic mass is 9.74. The summed E-state index contributed by atoms with van der Waals surface area (Å²) in [4.78, 5) is 4.29. The van der Waals surface area contributed by atoms with Gasteiger partial charge in [0.25, 0.3) is 0 Å². The van der Waals surface area contributed by atoms with Crippen molar-refractivity contribution < 1.29 is 4.74 Å². The summed E-state index contributed by atoms with van der Waals surface area (Å²) in [7, 11) is 0. The van der Waals surface area contributed by atoms with Gasteiger partial charge in [0.15, 0.2) is 0 Å². The molecule has 0 amide bonds. The molecule has 1 unspecified atom stereocenters. The lowest BCUT2D eigenvalue weighted by Crippen LogP contribution is -2.27. The Bertz CT molecular complexity index is 425. The monoisotopic (exact) mass is 290 g/mol. The molecule has 0 spiro atoms. The molecule has 2 N–H and O–H groups in total. The predicted molar refractivity (Wildman–Crippen MR) is 87.2 cm³/mol. The summed E-state index contributed by atoms with van der Waals surface area (Å²) < 4.78 is 5.66. The second kappa shape index (κ2) is 7.79. The summed E-state index contributed by atoms with van der Waals surface area (Å²) in [5, 5.41) is 0. The molecule has 118 valence electrons. The van der Waals surface area contributed by atoms with E-state index in [1.165, 1.54) is 25.7 Å². The van der Waals surface area contributed by atoms with E-state index in [0.29, 0.717) is 5.92 Å². The third-order valence-corrected chi connectivity index (χ3v) is 4.86. The average Bonchev–Trinajstić information content (AvgIpc) is 2.52. The first kappa shape index (κ1) is 16.3. The highest BCUT2D eigenvalue weighted by atomic mass is 16.5. The van der Waals surface area contributed by atoms with E-state index in [1.54, 1.807) is 6.20 Å². The molecular formula is C18H30N2O. The van der Waals surface area contributed by atoms with Crippen LogP contribution in [0.4, 0.5) is 0 Å². The Morgan fingerprint density at radius 2 is 1.86 bits per heavy atom. The number of rotatable bonds is 6. The third-order valence-electron chi connectivity index (χ3n) is 4.86. The number of aromatic nitrogens is 1. The largest absolute Gasteiger partial charge is 0.492 e. The van der Waals surface area contributed by atoms with Crippen LogP contribution >= 0.6 is 0 Å². The zero-order valence-corrected chi connectivity index (χ0v) is 13.7. The van der Waals surface area contributed by atoms with Gasteiger partial charge in [-0.05, 0) is 61.5 Å². The molecule has 0 aliphatic heterocycles. The first-order chi connectivity index (χ1) is 10.1. The zero-order valence-electron chi connectivity index (χ0n) is 13.7. The fraction of sp³-hybridized carbons (Fsp3) is 0.722. The standard InChI is InChI=1S/C18H30N2O/c1-4-9-21-17-10-16(11-20-12-17)18(19)15-7-5-14(6-8-15)13(2)3/h10-15,18H,4-9,19H2,1-3H3. The van der Waals surface area contributed by atoms with E-state index in [9.17, 15) is 0 Å². The SMILES string of the molecule is CCCOc1cncc(C(N)C2CCC(C(C)C)CC2)c1. The molecule has 1 saturated carbocycles. The van der Waals surface area contributed by atoms with E-state index in [-0.39, 0.29) is 6.04 Å². The topological polar surface area (TPSA) is 48.1 Å². The Hall–Kier alpha value is -1.09. The molecule has 0 aromatic carbocycles. The second-order valence-electron chi connectivity index (χ2n) is 6.75. The van der Waals surface area contributed by atoms with Gasteiger partial charge in [-0.1, -0.05) is 20.8 Å². The average molecular weight is 290 g/mol. The number of pyridine rings is 1. The molecule has 1 aliphatic carbocycles. The van der Waals surface area contributed by atoms with Crippen LogP contribution < -0.4 is 10.5 Å². The van der Waals surface area contributed by atoms with Crippen molar-refractivity contribution in [2.75, 3.05) is 6.61 Å². The van der Waals surface area contributed by atoms with Gasteiger partial charge < -0.3 is 10.5 Å². The van der Waals surface area contributed by atoms with Crippen molar-refractivity contribution in [1.29, 1.82) is 0 Å². The van der Waals surface area contributed by atoms with Gasteiger partial charge in [0.1, 0.15) is 5.75 Å². The Labute approximate surface area is 129 Å². The van der Waals surface area contributed by atoms with Gasteiger partial charge >= 0.3 is 0 Å². The third kappa shape index (κ3) is 4.44. The molecule has 0 bridgehead atoms. The molecule has 3 heteroatoms. The molecule has 0 saturated heterocycles. The van der Waals surface area contributed by atoms with Gasteiger partial charge in [0.05, 0.1) is 12.8 Å². The summed E-state index contributed by atoms with van der Waals surface area (Å²) >= 11 is 0. The minimum absolute atomic E-state index is 0.0933. The van der Waals surface area contributed by atoms with E-state index >= 15 is 0 Å². The van der Waals surface area contributed by atoms with Crippen LogP contribution in [0.1, 0.15) is 64.5 Å². The van der Waals surface area contributed by atoms with E-state index in [2.05, 4.69) is 31.8 Å². The number of hydrogen-bond donors (Lipinski definition) is 1. The molecule has 1 atom stereocenters. The lowest BCUT2D eigenvalue weighted by molar-refractivity contribution is 0.203. The molecule has 1 aliphatic rings. The minimum Gasteiger partial charge on any atom is -0.492 e. The summed E-state index contributed by atoms with van der Waals surface area (Å²) in [6.07, 6.45) is 9.80. The Morgan fingerprint density at radius 3 is 2.48 bits per heavy atom. The van der Waals surface area contributed by atoms with Crippen molar-refractivity contribution in [3.05, 3.63) is 24.0 Å². The van der Waals surface area contributed by atoms with Crippen molar-refractivity contribution >= 4 is 0 Å². The van der Waals surface area contributed by atoms with Crippen molar-refractivity contribution in [3.8, 4) is 5.75 Å². The van der Waals surface area contributed by atoms with Gasteiger partial charge in [-0.3, -0.25) is 4.98 Å². The quantitative estimate of drug-likeness (QED) is 0.848. The molecular weight excluding hydrogens is 260 g/mol. The molecule has 3 nitrogen and oxygen atoms in total. The Kier molecular flexibility index (Phi) is 6.04. The first-order valence-corrected chi connectivity index (χ1v) is 8.45. The van der Waals surface area contributed by atoms with E-state index in [0.717, 1.165) is 36.2 Å². The lowest BCUT2D eigenvalue weighted by Gasteiger charge is -2.34. The minimum atomic E-state index is 0.0933. The van der Waals surface area contributed by atoms with E-state index in [1.807, 2.05) is 6.20 Å². The molecule has 1 heterocycles. The van der Waals surface area contributed by atoms with Crippen LogP contribution in [0.3, 0.4) is 0 Å². The number of nitrogens with two attached hydrogens (primary N) is 1. The van der Waals surface area contributed by atoms with Gasteiger partial charge in [-0.15, -0.1) is 0 Å². The number of hydrogen-bond acceptors (Lipinski definition) is 3. The molecule has 0 radical (unpaired) electrons.